The number of nitrogens with zero attached hydrogens (tertiary/aromatic N) is 3. The van der Waals surface area contributed by atoms with Gasteiger partial charge in [-0.2, -0.15) is 0 Å². The first-order chi connectivity index (χ1) is 13.7. The molecule has 2 aromatic rings. The number of halogens is 1. The van der Waals surface area contributed by atoms with E-state index in [1.165, 1.54) is 11.1 Å². The van der Waals surface area contributed by atoms with E-state index in [1.807, 2.05) is 0 Å². The molecule has 2 N–H and O–H groups in total. The number of morpholine rings is 1. The summed E-state index contributed by atoms with van der Waals surface area (Å²) >= 11 is 1.69. The molecule has 0 amide bonds. The molecule has 1 fully saturated rings. The highest BCUT2D eigenvalue weighted by Crippen LogP contribution is 2.17. The molecule has 1 aliphatic heterocycles. The summed E-state index contributed by atoms with van der Waals surface area (Å²) < 4.78 is 5.46. The number of benzene rings is 1. The molecule has 1 aromatic carbocycles. The minimum atomic E-state index is 0. The van der Waals surface area contributed by atoms with Gasteiger partial charge in [0, 0.05) is 38.6 Å². The Hall–Kier alpha value is -1.23. The Bertz CT molecular complexity index is 774. The molecule has 29 heavy (non-hydrogen) atoms. The molecule has 6 nitrogen and oxygen atoms in total. The lowest BCUT2D eigenvalue weighted by molar-refractivity contribution is 0.0341. The number of ether oxygens (including phenoxy) is 1. The minimum Gasteiger partial charge on any atom is -0.379 e. The van der Waals surface area contributed by atoms with E-state index in [0.29, 0.717) is 12.5 Å². The van der Waals surface area contributed by atoms with E-state index in [1.54, 1.807) is 18.4 Å². The molecule has 0 unspecified atom stereocenters. The highest BCUT2D eigenvalue weighted by molar-refractivity contribution is 14.0. The van der Waals surface area contributed by atoms with Crippen molar-refractivity contribution in [2.24, 2.45) is 4.99 Å². The van der Waals surface area contributed by atoms with Gasteiger partial charge in [-0.15, -0.1) is 35.3 Å². The van der Waals surface area contributed by atoms with Gasteiger partial charge in [0.15, 0.2) is 5.96 Å². The first-order valence-electron chi connectivity index (χ1n) is 9.91. The van der Waals surface area contributed by atoms with E-state index in [4.69, 9.17) is 4.74 Å². The predicted molar refractivity (Wildman–Crippen MR) is 131 cm³/mol. The standard InChI is InChI=1S/C21H31N5OS.HI/c1-16(2)19-15-28-20(25-19)13-24-21(22-3)23-12-17-6-4-5-7-18(17)14-26-8-10-27-11-9-26;/h4-7,15-16H,8-14H2,1-3H3,(H2,22,23,24);1H. The Morgan fingerprint density at radius 2 is 1.86 bits per heavy atom. The molecule has 0 spiro atoms. The largest absolute Gasteiger partial charge is 0.379 e. The van der Waals surface area contributed by atoms with Crippen LogP contribution >= 0.6 is 35.3 Å². The molecule has 0 aliphatic carbocycles. The Morgan fingerprint density at radius 3 is 2.52 bits per heavy atom. The molecular formula is C21H32IN5OS. The maximum Gasteiger partial charge on any atom is 0.191 e. The quantitative estimate of drug-likeness (QED) is 0.326. The van der Waals surface area contributed by atoms with Crippen LogP contribution in [0.2, 0.25) is 0 Å². The smallest absolute Gasteiger partial charge is 0.191 e. The van der Waals surface area contributed by atoms with Crippen LogP contribution in [-0.4, -0.2) is 49.2 Å². The van der Waals surface area contributed by atoms with Crippen LogP contribution in [0.1, 0.15) is 41.6 Å². The Balaban J connectivity index is 0.00000300. The van der Waals surface area contributed by atoms with Crippen molar-refractivity contribution in [2.45, 2.75) is 39.4 Å². The molecule has 0 bridgehead atoms. The van der Waals surface area contributed by atoms with Crippen molar-refractivity contribution in [1.29, 1.82) is 0 Å². The molecule has 1 saturated heterocycles. The van der Waals surface area contributed by atoms with Gasteiger partial charge in [0.2, 0.25) is 0 Å². The zero-order valence-electron chi connectivity index (χ0n) is 17.5. The average molecular weight is 529 g/mol. The van der Waals surface area contributed by atoms with E-state index >= 15 is 0 Å². The number of guanidine groups is 1. The summed E-state index contributed by atoms with van der Waals surface area (Å²) in [7, 11) is 1.80. The van der Waals surface area contributed by atoms with Gasteiger partial charge in [0.25, 0.3) is 0 Å². The fourth-order valence-electron chi connectivity index (χ4n) is 3.11. The minimum absolute atomic E-state index is 0. The van der Waals surface area contributed by atoms with Crippen LogP contribution in [0.25, 0.3) is 0 Å². The summed E-state index contributed by atoms with van der Waals surface area (Å²) in [4.78, 5) is 11.5. The van der Waals surface area contributed by atoms with Gasteiger partial charge in [-0.3, -0.25) is 9.89 Å². The molecule has 2 heterocycles. The Labute approximate surface area is 195 Å². The van der Waals surface area contributed by atoms with Crippen LogP contribution < -0.4 is 10.6 Å². The number of aromatic nitrogens is 1. The fraction of sp³-hybridized carbons (Fsp3) is 0.524. The number of thiazole rings is 1. The molecule has 1 aliphatic rings. The number of hydrogen-bond acceptors (Lipinski definition) is 5. The predicted octanol–water partition coefficient (Wildman–Crippen LogP) is 3.58. The first kappa shape index (κ1) is 24.0. The third-order valence-electron chi connectivity index (χ3n) is 4.85. The second-order valence-corrected chi connectivity index (χ2v) is 8.20. The van der Waals surface area contributed by atoms with Crippen molar-refractivity contribution in [3.8, 4) is 0 Å². The lowest BCUT2D eigenvalue weighted by Gasteiger charge is -2.27. The third kappa shape index (κ3) is 7.51. The number of hydrogen-bond donors (Lipinski definition) is 2. The highest BCUT2D eigenvalue weighted by Gasteiger charge is 2.13. The zero-order chi connectivity index (χ0) is 19.8. The Kier molecular flexibility index (Phi) is 10.3. The van der Waals surface area contributed by atoms with E-state index < -0.39 is 0 Å². The van der Waals surface area contributed by atoms with Gasteiger partial charge in [-0.25, -0.2) is 4.98 Å². The van der Waals surface area contributed by atoms with Gasteiger partial charge >= 0.3 is 0 Å². The molecule has 160 valence electrons. The van der Waals surface area contributed by atoms with Crippen molar-refractivity contribution in [3.05, 3.63) is 51.5 Å². The second kappa shape index (κ2) is 12.5. The molecule has 0 atom stereocenters. The maximum atomic E-state index is 5.46. The van der Waals surface area contributed by atoms with Crippen LogP contribution in [0.5, 0.6) is 0 Å². The van der Waals surface area contributed by atoms with Gasteiger partial charge in [-0.1, -0.05) is 38.1 Å². The van der Waals surface area contributed by atoms with Gasteiger partial charge in [0.05, 0.1) is 25.5 Å². The van der Waals surface area contributed by atoms with Crippen molar-refractivity contribution in [1.82, 2.24) is 20.5 Å². The summed E-state index contributed by atoms with van der Waals surface area (Å²) in [6.45, 7) is 10.4. The normalized spacial score (nSPS) is 15.2. The van der Waals surface area contributed by atoms with Crippen LogP contribution in [-0.2, 0) is 24.4 Å². The third-order valence-corrected chi connectivity index (χ3v) is 5.72. The number of nitrogens with one attached hydrogen (secondary N) is 2. The van der Waals surface area contributed by atoms with Crippen molar-refractivity contribution in [3.63, 3.8) is 0 Å². The van der Waals surface area contributed by atoms with Crippen LogP contribution in [0.3, 0.4) is 0 Å². The molecule has 1 aromatic heterocycles. The van der Waals surface area contributed by atoms with Crippen LogP contribution in [0.15, 0.2) is 34.6 Å². The van der Waals surface area contributed by atoms with Gasteiger partial charge in [-0.05, 0) is 17.0 Å². The highest BCUT2D eigenvalue weighted by atomic mass is 127. The lowest BCUT2D eigenvalue weighted by atomic mass is 10.1. The summed E-state index contributed by atoms with van der Waals surface area (Å²) in [6, 6.07) is 8.61. The lowest BCUT2D eigenvalue weighted by Crippen LogP contribution is -2.37. The van der Waals surface area contributed by atoms with E-state index in [-0.39, 0.29) is 24.0 Å². The van der Waals surface area contributed by atoms with Crippen LogP contribution in [0.4, 0.5) is 0 Å². The topological polar surface area (TPSA) is 61.8 Å². The second-order valence-electron chi connectivity index (χ2n) is 7.26. The van der Waals surface area contributed by atoms with Crippen molar-refractivity contribution < 1.29 is 4.74 Å². The average Bonchev–Trinajstić information content (AvgIpc) is 3.19. The van der Waals surface area contributed by atoms with E-state index in [0.717, 1.165) is 56.1 Å². The number of aliphatic imine (C=N–C) groups is 1. The monoisotopic (exact) mass is 529 g/mol. The van der Waals surface area contributed by atoms with Crippen molar-refractivity contribution in [2.75, 3.05) is 33.4 Å². The summed E-state index contributed by atoms with van der Waals surface area (Å²) in [5.41, 5.74) is 3.81. The molecule has 8 heteroatoms. The number of rotatable bonds is 7. The van der Waals surface area contributed by atoms with Gasteiger partial charge < -0.3 is 15.4 Å². The Morgan fingerprint density at radius 1 is 1.17 bits per heavy atom. The molecule has 3 rings (SSSR count). The maximum absolute atomic E-state index is 5.46. The van der Waals surface area contributed by atoms with Crippen LogP contribution in [0, 0.1) is 0 Å². The SMILES string of the molecule is CN=C(NCc1nc(C(C)C)cs1)NCc1ccccc1CN1CCOCC1.I. The molecule has 0 saturated carbocycles. The molecule has 0 radical (unpaired) electrons. The summed E-state index contributed by atoms with van der Waals surface area (Å²) in [6.07, 6.45) is 0. The fourth-order valence-corrected chi connectivity index (χ4v) is 4.01. The van der Waals surface area contributed by atoms with Gasteiger partial charge in [0.1, 0.15) is 5.01 Å². The summed E-state index contributed by atoms with van der Waals surface area (Å²) in [5, 5.41) is 10.0. The van der Waals surface area contributed by atoms with E-state index in [9.17, 15) is 0 Å². The van der Waals surface area contributed by atoms with E-state index in [2.05, 4.69) is 69.0 Å². The zero-order valence-corrected chi connectivity index (χ0v) is 20.6. The first-order valence-corrected chi connectivity index (χ1v) is 10.8. The summed E-state index contributed by atoms with van der Waals surface area (Å²) in [5.74, 6) is 1.26. The molecular weight excluding hydrogens is 497 g/mol. The van der Waals surface area contributed by atoms with Crippen molar-refractivity contribution >= 4 is 41.3 Å².